The molecule has 0 spiro atoms. The second-order valence-corrected chi connectivity index (χ2v) is 3.81. The molecule has 1 heteroatoms. The van der Waals surface area contributed by atoms with Gasteiger partial charge in [0.25, 0.3) is 0 Å². The van der Waals surface area contributed by atoms with Crippen molar-refractivity contribution >= 4 is 5.69 Å². The van der Waals surface area contributed by atoms with Gasteiger partial charge in [-0.25, -0.2) is 0 Å². The third kappa shape index (κ3) is 1.77. The fourth-order valence-corrected chi connectivity index (χ4v) is 1.86. The molecule has 1 heterocycles. The summed E-state index contributed by atoms with van der Waals surface area (Å²) in [5, 5.41) is 3.44. The molecule has 1 aromatic rings. The molecule has 1 N–H and O–H groups in total. The topological polar surface area (TPSA) is 12.0 Å². The van der Waals surface area contributed by atoms with Crippen molar-refractivity contribution in [2.24, 2.45) is 0 Å². The third-order valence-electron chi connectivity index (χ3n) is 3.03. The zero-order valence-corrected chi connectivity index (χ0v) is 9.72. The minimum atomic E-state index is 0.358. The molecule has 0 aromatic heterocycles. The van der Waals surface area contributed by atoms with Crippen LogP contribution in [0.1, 0.15) is 39.7 Å². The Balaban J connectivity index is 0.000000461. The molecule has 1 nitrogen and oxygen atoms in total. The summed E-state index contributed by atoms with van der Waals surface area (Å²) in [5.41, 5.74) is 3.16. The van der Waals surface area contributed by atoms with Crippen molar-refractivity contribution in [2.45, 2.75) is 39.5 Å². The monoisotopic (exact) mass is 191 g/mol. The van der Waals surface area contributed by atoms with Gasteiger partial charge < -0.3 is 5.32 Å². The van der Waals surface area contributed by atoms with Gasteiger partial charge in [0.2, 0.25) is 0 Å². The summed E-state index contributed by atoms with van der Waals surface area (Å²) in [6, 6.07) is 8.61. The second kappa shape index (κ2) is 4.50. The van der Waals surface area contributed by atoms with Crippen LogP contribution in [0.4, 0.5) is 5.69 Å². The molecule has 0 bridgehead atoms. The molecule has 0 saturated carbocycles. The fraction of sp³-hybridized carbons (Fsp3) is 0.538. The zero-order valence-electron chi connectivity index (χ0n) is 9.72. The van der Waals surface area contributed by atoms with E-state index in [0.717, 1.165) is 6.54 Å². The first kappa shape index (κ1) is 11.1. The maximum absolute atomic E-state index is 3.44. The maximum Gasteiger partial charge on any atom is 0.0379 e. The van der Waals surface area contributed by atoms with Gasteiger partial charge in [-0.05, 0) is 18.1 Å². The van der Waals surface area contributed by atoms with Gasteiger partial charge in [-0.2, -0.15) is 0 Å². The van der Waals surface area contributed by atoms with Gasteiger partial charge >= 0.3 is 0 Å². The molecule has 0 amide bonds. The van der Waals surface area contributed by atoms with Crippen LogP contribution in [-0.4, -0.2) is 6.54 Å². The highest BCUT2D eigenvalue weighted by Gasteiger charge is 2.31. The highest BCUT2D eigenvalue weighted by Crippen LogP contribution is 2.38. The molecular weight excluding hydrogens is 170 g/mol. The normalized spacial score (nSPS) is 23.1. The van der Waals surface area contributed by atoms with Crippen molar-refractivity contribution < 1.29 is 0 Å². The largest absolute Gasteiger partial charge is 0.384 e. The number of hydrogen-bond acceptors (Lipinski definition) is 1. The van der Waals surface area contributed by atoms with E-state index in [-0.39, 0.29) is 0 Å². The van der Waals surface area contributed by atoms with E-state index in [4.69, 9.17) is 0 Å². The zero-order chi connectivity index (χ0) is 10.6. The van der Waals surface area contributed by atoms with Crippen LogP contribution in [0, 0.1) is 0 Å². The van der Waals surface area contributed by atoms with E-state index in [1.165, 1.54) is 17.7 Å². The van der Waals surface area contributed by atoms with Crippen LogP contribution in [0.15, 0.2) is 24.3 Å². The molecule has 14 heavy (non-hydrogen) atoms. The molecule has 0 aliphatic carbocycles. The Hall–Kier alpha value is -0.980. The molecule has 1 aliphatic heterocycles. The molecule has 78 valence electrons. The molecule has 0 saturated heterocycles. The third-order valence-corrected chi connectivity index (χ3v) is 3.03. The summed E-state index contributed by atoms with van der Waals surface area (Å²) in [6.45, 7) is 9.67. The Bertz CT molecular complexity index is 293. The van der Waals surface area contributed by atoms with Crippen LogP contribution in [0.5, 0.6) is 0 Å². The Morgan fingerprint density at radius 1 is 1.29 bits per heavy atom. The van der Waals surface area contributed by atoms with Gasteiger partial charge in [-0.15, -0.1) is 0 Å². The highest BCUT2D eigenvalue weighted by atomic mass is 14.9. The van der Waals surface area contributed by atoms with Crippen molar-refractivity contribution in [1.82, 2.24) is 0 Å². The quantitative estimate of drug-likeness (QED) is 0.712. The van der Waals surface area contributed by atoms with Crippen LogP contribution < -0.4 is 5.32 Å². The van der Waals surface area contributed by atoms with Crippen molar-refractivity contribution in [3.05, 3.63) is 29.8 Å². The molecular formula is C13H21N. The van der Waals surface area contributed by atoms with Gasteiger partial charge in [-0.1, -0.05) is 45.9 Å². The number of anilines is 1. The number of benzene rings is 1. The van der Waals surface area contributed by atoms with Crippen molar-refractivity contribution in [1.29, 1.82) is 0 Å². The van der Waals surface area contributed by atoms with E-state index >= 15 is 0 Å². The van der Waals surface area contributed by atoms with Crippen LogP contribution in [0.25, 0.3) is 0 Å². The van der Waals surface area contributed by atoms with Gasteiger partial charge in [0.05, 0.1) is 0 Å². The summed E-state index contributed by atoms with van der Waals surface area (Å²) in [7, 11) is 0. The number of rotatable bonds is 1. The molecule has 0 radical (unpaired) electrons. The maximum atomic E-state index is 3.44. The summed E-state index contributed by atoms with van der Waals surface area (Å²) in [5.74, 6) is 0. The number of hydrogen-bond donors (Lipinski definition) is 1. The predicted molar refractivity (Wildman–Crippen MR) is 63.9 cm³/mol. The first-order valence-electron chi connectivity index (χ1n) is 5.60. The summed E-state index contributed by atoms with van der Waals surface area (Å²) >= 11 is 0. The summed E-state index contributed by atoms with van der Waals surface area (Å²) in [6.07, 6.45) is 1.21. The number of para-hydroxylation sites is 1. The Labute approximate surface area is 87.5 Å². The summed E-state index contributed by atoms with van der Waals surface area (Å²) in [4.78, 5) is 0. The smallest absolute Gasteiger partial charge is 0.0379 e. The lowest BCUT2D eigenvalue weighted by molar-refractivity contribution is 0.504. The molecule has 1 atom stereocenters. The molecule has 1 unspecified atom stereocenters. The first-order chi connectivity index (χ1) is 6.76. The minimum Gasteiger partial charge on any atom is -0.384 e. The molecule has 1 aliphatic rings. The van der Waals surface area contributed by atoms with Crippen LogP contribution >= 0.6 is 0 Å². The van der Waals surface area contributed by atoms with Crippen LogP contribution in [0.2, 0.25) is 0 Å². The lowest BCUT2D eigenvalue weighted by Crippen LogP contribution is -2.22. The summed E-state index contributed by atoms with van der Waals surface area (Å²) < 4.78 is 0. The second-order valence-electron chi connectivity index (χ2n) is 3.81. The lowest BCUT2D eigenvalue weighted by Gasteiger charge is -2.21. The van der Waals surface area contributed by atoms with E-state index in [9.17, 15) is 0 Å². The van der Waals surface area contributed by atoms with Gasteiger partial charge in [0.15, 0.2) is 0 Å². The van der Waals surface area contributed by atoms with E-state index in [2.05, 4.69) is 43.4 Å². The van der Waals surface area contributed by atoms with Gasteiger partial charge in [0, 0.05) is 17.6 Å². The Morgan fingerprint density at radius 3 is 2.57 bits per heavy atom. The highest BCUT2D eigenvalue weighted by molar-refractivity contribution is 5.59. The average Bonchev–Trinajstić information content (AvgIpc) is 2.61. The standard InChI is InChI=1S/C11H15N.C2H6/c1-3-11(2)8-12-10-7-5-4-6-9(10)11;1-2/h4-7,12H,3,8H2,1-2H3;1-2H3. The van der Waals surface area contributed by atoms with Crippen LogP contribution in [0.3, 0.4) is 0 Å². The number of fused-ring (bicyclic) bond motifs is 1. The average molecular weight is 191 g/mol. The lowest BCUT2D eigenvalue weighted by atomic mass is 9.82. The van der Waals surface area contributed by atoms with E-state index in [1.54, 1.807) is 0 Å². The van der Waals surface area contributed by atoms with Crippen molar-refractivity contribution in [2.75, 3.05) is 11.9 Å². The predicted octanol–water partition coefficient (Wildman–Crippen LogP) is 3.81. The van der Waals surface area contributed by atoms with Gasteiger partial charge in [0.1, 0.15) is 0 Å². The van der Waals surface area contributed by atoms with E-state index < -0.39 is 0 Å². The SMILES string of the molecule is CC.CCC1(C)CNc2ccccc21. The van der Waals surface area contributed by atoms with Crippen molar-refractivity contribution in [3.8, 4) is 0 Å². The molecule has 1 aromatic carbocycles. The minimum absolute atomic E-state index is 0.358. The molecule has 0 fully saturated rings. The van der Waals surface area contributed by atoms with E-state index in [0.29, 0.717) is 5.41 Å². The van der Waals surface area contributed by atoms with E-state index in [1.807, 2.05) is 13.8 Å². The van der Waals surface area contributed by atoms with Crippen molar-refractivity contribution in [3.63, 3.8) is 0 Å². The van der Waals surface area contributed by atoms with Gasteiger partial charge in [-0.3, -0.25) is 0 Å². The fourth-order valence-electron chi connectivity index (χ4n) is 1.86. The number of nitrogens with one attached hydrogen (secondary N) is 1. The van der Waals surface area contributed by atoms with Crippen LogP contribution in [-0.2, 0) is 5.41 Å². The molecule has 2 rings (SSSR count). The Morgan fingerprint density at radius 2 is 1.93 bits per heavy atom. The Kier molecular flexibility index (Phi) is 3.56. The first-order valence-corrected chi connectivity index (χ1v) is 5.60.